The predicted molar refractivity (Wildman–Crippen MR) is 230 cm³/mol. The second-order valence-corrected chi connectivity index (χ2v) is 14.5. The lowest BCUT2D eigenvalue weighted by atomic mass is 9.67. The third-order valence-corrected chi connectivity index (χ3v) is 10.9. The van der Waals surface area contributed by atoms with Crippen molar-refractivity contribution in [1.29, 1.82) is 0 Å². The number of benzene rings is 8. The molecule has 0 saturated heterocycles. The second-order valence-electron chi connectivity index (χ2n) is 14.5. The molecule has 1 aliphatic carbocycles. The number of esters is 2. The molecule has 0 fully saturated rings. The molecule has 0 amide bonds. The van der Waals surface area contributed by atoms with Crippen LogP contribution in [0.1, 0.15) is 47.2 Å². The molecule has 1 aliphatic rings. The largest absolute Gasteiger partial charge is 0.423 e. The first kappa shape index (κ1) is 35.4. The van der Waals surface area contributed by atoms with Crippen LogP contribution in [-0.4, -0.2) is 11.9 Å². The van der Waals surface area contributed by atoms with Crippen molar-refractivity contribution in [3.8, 4) is 22.6 Å². The van der Waals surface area contributed by atoms with E-state index in [1.165, 1.54) is 22.3 Å². The zero-order valence-corrected chi connectivity index (χ0v) is 31.6. The number of fused-ring (bicyclic) bond motifs is 5. The summed E-state index contributed by atoms with van der Waals surface area (Å²) in [6.07, 6.45) is 3.73. The maximum atomic E-state index is 13.2. The summed E-state index contributed by atoms with van der Waals surface area (Å²) in [6.45, 7) is 3.56. The van der Waals surface area contributed by atoms with Gasteiger partial charge in [-0.15, -0.1) is 0 Å². The van der Waals surface area contributed by atoms with Crippen LogP contribution in [-0.2, 0) is 15.0 Å². The van der Waals surface area contributed by atoms with E-state index in [1.807, 2.05) is 97.1 Å². The number of hydrogen-bond acceptors (Lipinski definition) is 4. The zero-order valence-electron chi connectivity index (χ0n) is 31.6. The van der Waals surface area contributed by atoms with Crippen LogP contribution < -0.4 is 9.47 Å². The van der Waals surface area contributed by atoms with Crippen molar-refractivity contribution < 1.29 is 19.1 Å². The summed E-state index contributed by atoms with van der Waals surface area (Å²) in [6, 6.07) is 61.4. The van der Waals surface area contributed by atoms with Gasteiger partial charge in [-0.3, -0.25) is 0 Å². The predicted octanol–water partition coefficient (Wildman–Crippen LogP) is 12.4. The van der Waals surface area contributed by atoms with Gasteiger partial charge in [0.05, 0.1) is 5.41 Å². The molecular formula is C53H38O4. The van der Waals surface area contributed by atoms with Gasteiger partial charge in [-0.1, -0.05) is 158 Å². The van der Waals surface area contributed by atoms with Gasteiger partial charge in [-0.25, -0.2) is 9.59 Å². The van der Waals surface area contributed by atoms with Crippen LogP contribution in [0.25, 0.3) is 44.8 Å². The van der Waals surface area contributed by atoms with Gasteiger partial charge < -0.3 is 9.47 Å². The fourth-order valence-corrected chi connectivity index (χ4v) is 8.14. The third-order valence-electron chi connectivity index (χ3n) is 10.9. The van der Waals surface area contributed by atoms with Crippen LogP contribution in [0.5, 0.6) is 11.5 Å². The van der Waals surface area contributed by atoms with Crippen LogP contribution in [0, 0.1) is 0 Å². The van der Waals surface area contributed by atoms with Gasteiger partial charge in [-0.05, 0) is 116 Å². The Morgan fingerprint density at radius 3 is 1.21 bits per heavy atom. The molecule has 0 saturated carbocycles. The number of ether oxygens (including phenoxy) is 2. The van der Waals surface area contributed by atoms with Crippen molar-refractivity contribution >= 4 is 45.6 Å². The molecule has 4 nitrogen and oxygen atoms in total. The van der Waals surface area contributed by atoms with E-state index in [0.29, 0.717) is 22.6 Å². The lowest BCUT2D eigenvalue weighted by Crippen LogP contribution is -2.28. The smallest absolute Gasteiger partial charge is 0.339 e. The molecular weight excluding hydrogens is 701 g/mol. The van der Waals surface area contributed by atoms with E-state index in [1.54, 1.807) is 13.8 Å². The van der Waals surface area contributed by atoms with Gasteiger partial charge in [0.2, 0.25) is 0 Å². The Labute approximate surface area is 332 Å². The minimum absolute atomic E-state index is 0.393. The van der Waals surface area contributed by atoms with Crippen molar-refractivity contribution in [3.63, 3.8) is 0 Å². The van der Waals surface area contributed by atoms with Gasteiger partial charge in [-0.2, -0.15) is 0 Å². The van der Waals surface area contributed by atoms with Crippen LogP contribution in [0.15, 0.2) is 193 Å². The monoisotopic (exact) mass is 738 g/mol. The van der Waals surface area contributed by atoms with Crippen molar-refractivity contribution in [2.75, 3.05) is 0 Å². The molecule has 4 heteroatoms. The Morgan fingerprint density at radius 1 is 0.421 bits per heavy atom. The molecule has 0 radical (unpaired) electrons. The zero-order chi connectivity index (χ0) is 38.9. The molecule has 0 unspecified atom stereocenters. The SMILES string of the molecule is C/C(=C\c1ccc(C2(c3ccc(/C=C(\C)C(=O)Oc4ccc5ccccc5c4)cc3)c3ccccc3-c3ccccc32)cc1)C(=O)Oc1ccc2ccccc2c1. The second kappa shape index (κ2) is 14.7. The van der Waals surface area contributed by atoms with Crippen molar-refractivity contribution in [1.82, 2.24) is 0 Å². The number of carbonyl (C=O) groups excluding carboxylic acids is 2. The lowest BCUT2D eigenvalue weighted by Gasteiger charge is -2.34. The van der Waals surface area contributed by atoms with Gasteiger partial charge >= 0.3 is 11.9 Å². The van der Waals surface area contributed by atoms with Crippen molar-refractivity contribution in [2.24, 2.45) is 0 Å². The van der Waals surface area contributed by atoms with Crippen molar-refractivity contribution in [3.05, 3.63) is 227 Å². The Morgan fingerprint density at radius 2 is 0.789 bits per heavy atom. The molecule has 9 rings (SSSR count). The summed E-state index contributed by atoms with van der Waals surface area (Å²) in [5, 5.41) is 4.21. The average molecular weight is 739 g/mol. The number of rotatable bonds is 8. The Hall–Kier alpha value is -7.30. The fraction of sp³-hybridized carbons (Fsp3) is 0.0566. The third kappa shape index (κ3) is 6.62. The molecule has 0 bridgehead atoms. The molecule has 274 valence electrons. The molecule has 0 aromatic heterocycles. The molecule has 0 aliphatic heterocycles. The van der Waals surface area contributed by atoms with E-state index in [0.717, 1.165) is 43.8 Å². The van der Waals surface area contributed by atoms with Crippen LogP contribution in [0.3, 0.4) is 0 Å². The van der Waals surface area contributed by atoms with Gasteiger partial charge in [0.15, 0.2) is 0 Å². The first-order valence-electron chi connectivity index (χ1n) is 19.1. The summed E-state index contributed by atoms with van der Waals surface area (Å²) in [5.41, 5.74) is 9.18. The summed E-state index contributed by atoms with van der Waals surface area (Å²) >= 11 is 0. The molecule has 0 N–H and O–H groups in total. The van der Waals surface area contributed by atoms with E-state index in [4.69, 9.17) is 9.47 Å². The van der Waals surface area contributed by atoms with Crippen LogP contribution in [0.2, 0.25) is 0 Å². The summed E-state index contributed by atoms with van der Waals surface area (Å²) in [5.74, 6) is 0.242. The summed E-state index contributed by atoms with van der Waals surface area (Å²) in [4.78, 5) is 26.4. The summed E-state index contributed by atoms with van der Waals surface area (Å²) < 4.78 is 11.5. The Kier molecular flexibility index (Phi) is 9.16. The summed E-state index contributed by atoms with van der Waals surface area (Å²) in [7, 11) is 0. The minimum atomic E-state index is -0.605. The standard InChI is InChI=1S/C53H38O4/c1-35(51(54)56-45-29-23-39-11-3-5-13-41(39)33-45)31-37-19-25-43(26-20-37)53(49-17-9-7-15-47(49)48-16-8-10-18-50(48)53)44-27-21-38(22-28-44)32-36(2)52(55)57-46-30-24-40-12-4-6-14-42(40)34-46/h3-34H,1-2H3/b35-31+,36-32+. The molecule has 8 aromatic carbocycles. The molecule has 57 heavy (non-hydrogen) atoms. The van der Waals surface area contributed by atoms with Gasteiger partial charge in [0, 0.05) is 11.1 Å². The minimum Gasteiger partial charge on any atom is -0.423 e. The highest BCUT2D eigenvalue weighted by Crippen LogP contribution is 2.56. The van der Waals surface area contributed by atoms with Crippen LogP contribution >= 0.6 is 0 Å². The fourth-order valence-electron chi connectivity index (χ4n) is 8.14. The highest BCUT2D eigenvalue weighted by atomic mass is 16.5. The first-order chi connectivity index (χ1) is 27.9. The van der Waals surface area contributed by atoms with E-state index < -0.39 is 17.4 Å². The normalized spacial score (nSPS) is 13.2. The quantitative estimate of drug-likeness (QED) is 0.0885. The van der Waals surface area contributed by atoms with E-state index in [-0.39, 0.29) is 0 Å². The van der Waals surface area contributed by atoms with Crippen LogP contribution in [0.4, 0.5) is 0 Å². The van der Waals surface area contributed by atoms with Crippen molar-refractivity contribution in [2.45, 2.75) is 19.3 Å². The molecule has 0 spiro atoms. The highest BCUT2D eigenvalue weighted by Gasteiger charge is 2.45. The van der Waals surface area contributed by atoms with E-state index in [9.17, 15) is 9.59 Å². The van der Waals surface area contributed by atoms with E-state index >= 15 is 0 Å². The average Bonchev–Trinajstić information content (AvgIpc) is 3.55. The molecule has 0 atom stereocenters. The first-order valence-corrected chi connectivity index (χ1v) is 19.1. The number of carbonyl (C=O) groups is 2. The highest BCUT2D eigenvalue weighted by molar-refractivity contribution is 5.96. The number of hydrogen-bond donors (Lipinski definition) is 0. The maximum Gasteiger partial charge on any atom is 0.339 e. The lowest BCUT2D eigenvalue weighted by molar-refractivity contribution is -0.130. The molecule has 8 aromatic rings. The molecule has 0 heterocycles. The van der Waals surface area contributed by atoms with Gasteiger partial charge in [0.1, 0.15) is 11.5 Å². The Balaban J connectivity index is 1.02. The maximum absolute atomic E-state index is 13.2. The van der Waals surface area contributed by atoms with Gasteiger partial charge in [0.25, 0.3) is 0 Å². The Bertz CT molecular complexity index is 2700. The van der Waals surface area contributed by atoms with E-state index in [2.05, 4.69) is 97.1 Å². The topological polar surface area (TPSA) is 52.6 Å².